The monoisotopic (exact) mass is 659 g/mol. The van der Waals surface area contributed by atoms with Crippen LogP contribution in [0.15, 0.2) is 180 Å². The quantitative estimate of drug-likeness (QED) is 0.173. The fourth-order valence-corrected chi connectivity index (χ4v) is 9.69. The van der Waals surface area contributed by atoms with Crippen molar-refractivity contribution in [2.45, 2.75) is 5.41 Å². The van der Waals surface area contributed by atoms with Gasteiger partial charge in [-0.05, 0) is 95.5 Å². The van der Waals surface area contributed by atoms with Crippen molar-refractivity contribution in [3.8, 4) is 44.8 Å². The summed E-state index contributed by atoms with van der Waals surface area (Å²) in [7, 11) is 0. The maximum atomic E-state index is 6.75. The first kappa shape index (κ1) is 28.0. The molecule has 2 heterocycles. The van der Waals surface area contributed by atoms with E-state index in [1.54, 1.807) is 0 Å². The highest BCUT2D eigenvalue weighted by atomic mass is 16.3. The zero-order valence-electron chi connectivity index (χ0n) is 28.1. The molecule has 0 saturated heterocycles. The SMILES string of the molecule is c1ccc2c(c1)-c1oc3ccccc3c1C21c2cc(-c3c4ccccc4c(-c4ccc5ccccc5c4)c4ccccc34)ccc2-c2ncccc21. The maximum Gasteiger partial charge on any atom is 0.140 e. The topological polar surface area (TPSA) is 26.0 Å². The van der Waals surface area contributed by atoms with E-state index in [0.29, 0.717) is 0 Å². The number of fused-ring (bicyclic) bond motifs is 15. The zero-order chi connectivity index (χ0) is 34.0. The van der Waals surface area contributed by atoms with Gasteiger partial charge in [-0.15, -0.1) is 0 Å². The maximum absolute atomic E-state index is 6.75. The number of benzene rings is 8. The number of aromatic nitrogens is 1. The average Bonchev–Trinajstić information content (AvgIpc) is 3.83. The molecule has 1 spiro atoms. The second kappa shape index (κ2) is 10.2. The average molecular weight is 660 g/mol. The molecule has 0 aliphatic heterocycles. The molecule has 2 heteroatoms. The molecule has 0 fully saturated rings. The Morgan fingerprint density at radius 1 is 0.423 bits per heavy atom. The predicted molar refractivity (Wildman–Crippen MR) is 214 cm³/mol. The molecule has 8 aromatic carbocycles. The molecule has 1 unspecified atom stereocenters. The molecule has 2 aromatic heterocycles. The molecule has 10 aromatic rings. The van der Waals surface area contributed by atoms with Crippen molar-refractivity contribution in [1.82, 2.24) is 4.98 Å². The molecular weight excluding hydrogens is 631 g/mol. The van der Waals surface area contributed by atoms with Crippen LogP contribution in [0, 0.1) is 0 Å². The summed E-state index contributed by atoms with van der Waals surface area (Å²) in [6.07, 6.45) is 1.93. The van der Waals surface area contributed by atoms with Gasteiger partial charge >= 0.3 is 0 Å². The van der Waals surface area contributed by atoms with Crippen molar-refractivity contribution < 1.29 is 4.42 Å². The summed E-state index contributed by atoms with van der Waals surface area (Å²) >= 11 is 0. The first-order valence-corrected chi connectivity index (χ1v) is 18.0. The van der Waals surface area contributed by atoms with E-state index in [-0.39, 0.29) is 0 Å². The van der Waals surface area contributed by atoms with E-state index >= 15 is 0 Å². The van der Waals surface area contributed by atoms with Gasteiger partial charge in [0, 0.05) is 28.3 Å². The van der Waals surface area contributed by atoms with E-state index in [0.717, 1.165) is 28.0 Å². The van der Waals surface area contributed by atoms with Crippen molar-refractivity contribution >= 4 is 43.3 Å². The number of hydrogen-bond acceptors (Lipinski definition) is 2. The van der Waals surface area contributed by atoms with E-state index in [9.17, 15) is 0 Å². The first-order valence-electron chi connectivity index (χ1n) is 18.0. The lowest BCUT2D eigenvalue weighted by molar-refractivity contribution is 0.628. The fraction of sp³-hybridized carbons (Fsp3) is 0.0200. The summed E-state index contributed by atoms with van der Waals surface area (Å²) in [6, 6.07) is 62.1. The molecule has 0 amide bonds. The van der Waals surface area contributed by atoms with Gasteiger partial charge in [-0.25, -0.2) is 0 Å². The van der Waals surface area contributed by atoms with Gasteiger partial charge < -0.3 is 4.42 Å². The standard InChI is InChI=1S/C50H29NO/c1-2-13-31-28-32(24-23-30(31)12-1)45-34-14-3-5-16-36(34)46(37-17-6-4-15-35(37)45)33-25-26-38-43(29-33)50(42-21-11-27-51-48(38)42)41-20-9-7-18-39(41)49-47(50)40-19-8-10-22-44(40)52-49/h1-29H. The van der Waals surface area contributed by atoms with Gasteiger partial charge in [-0.2, -0.15) is 0 Å². The summed E-state index contributed by atoms with van der Waals surface area (Å²) in [5, 5.41) is 8.64. The van der Waals surface area contributed by atoms with Gasteiger partial charge in [0.25, 0.3) is 0 Å². The molecule has 12 rings (SSSR count). The molecule has 2 nitrogen and oxygen atoms in total. The fourth-order valence-electron chi connectivity index (χ4n) is 9.69. The van der Waals surface area contributed by atoms with Crippen LogP contribution in [0.25, 0.3) is 88.1 Å². The molecule has 240 valence electrons. The van der Waals surface area contributed by atoms with E-state index in [2.05, 4.69) is 170 Å². The largest absolute Gasteiger partial charge is 0.456 e. The Hall–Kier alpha value is -6.77. The van der Waals surface area contributed by atoms with E-state index in [4.69, 9.17) is 9.40 Å². The summed E-state index contributed by atoms with van der Waals surface area (Å²) in [5.74, 6) is 0.959. The Morgan fingerprint density at radius 3 is 1.79 bits per heavy atom. The lowest BCUT2D eigenvalue weighted by Crippen LogP contribution is -2.26. The summed E-state index contributed by atoms with van der Waals surface area (Å²) in [6.45, 7) is 0. The van der Waals surface area contributed by atoms with Crippen LogP contribution >= 0.6 is 0 Å². The lowest BCUT2D eigenvalue weighted by atomic mass is 9.70. The minimum atomic E-state index is -0.565. The lowest BCUT2D eigenvalue weighted by Gasteiger charge is -2.30. The highest BCUT2D eigenvalue weighted by Gasteiger charge is 2.55. The molecule has 0 N–H and O–H groups in total. The van der Waals surface area contributed by atoms with E-state index in [1.807, 2.05) is 6.20 Å². The van der Waals surface area contributed by atoms with Crippen LogP contribution in [0.3, 0.4) is 0 Å². The van der Waals surface area contributed by atoms with Gasteiger partial charge in [0.05, 0.1) is 11.1 Å². The highest BCUT2D eigenvalue weighted by molar-refractivity contribution is 6.22. The molecule has 52 heavy (non-hydrogen) atoms. The molecule has 2 aliphatic carbocycles. The van der Waals surface area contributed by atoms with Gasteiger partial charge in [0.1, 0.15) is 11.3 Å². The minimum Gasteiger partial charge on any atom is -0.456 e. The zero-order valence-corrected chi connectivity index (χ0v) is 28.1. The number of hydrogen-bond donors (Lipinski definition) is 0. The number of rotatable bonds is 2. The second-order valence-electron chi connectivity index (χ2n) is 14.2. The van der Waals surface area contributed by atoms with Gasteiger partial charge in [-0.3, -0.25) is 4.98 Å². The molecule has 2 aliphatic rings. The highest BCUT2D eigenvalue weighted by Crippen LogP contribution is 2.65. The molecule has 0 bridgehead atoms. The van der Waals surface area contributed by atoms with Crippen LogP contribution in [0.5, 0.6) is 0 Å². The summed E-state index contributed by atoms with van der Waals surface area (Å²) in [5.41, 5.74) is 13.6. The Bertz CT molecular complexity index is 3090. The van der Waals surface area contributed by atoms with E-state index < -0.39 is 5.41 Å². The molecular formula is C50H29NO. The van der Waals surface area contributed by atoms with Crippen LogP contribution in [0.4, 0.5) is 0 Å². The van der Waals surface area contributed by atoms with Crippen LogP contribution in [0.1, 0.15) is 22.3 Å². The van der Waals surface area contributed by atoms with Gasteiger partial charge in [0.15, 0.2) is 0 Å². The molecule has 0 radical (unpaired) electrons. The second-order valence-corrected chi connectivity index (χ2v) is 14.2. The molecule has 0 saturated carbocycles. The van der Waals surface area contributed by atoms with Crippen LogP contribution < -0.4 is 0 Å². The van der Waals surface area contributed by atoms with Crippen molar-refractivity contribution in [2.24, 2.45) is 0 Å². The Balaban J connectivity index is 1.19. The number of pyridine rings is 1. The van der Waals surface area contributed by atoms with Crippen molar-refractivity contribution in [1.29, 1.82) is 0 Å². The van der Waals surface area contributed by atoms with Crippen molar-refractivity contribution in [3.05, 3.63) is 198 Å². The smallest absolute Gasteiger partial charge is 0.140 e. The minimum absolute atomic E-state index is 0.565. The van der Waals surface area contributed by atoms with Crippen LogP contribution in [0.2, 0.25) is 0 Å². The van der Waals surface area contributed by atoms with Crippen molar-refractivity contribution in [2.75, 3.05) is 0 Å². The third kappa shape index (κ3) is 3.46. The summed E-state index contributed by atoms with van der Waals surface area (Å²) in [4.78, 5) is 5.07. The Labute approximate surface area is 300 Å². The molecule has 1 atom stereocenters. The van der Waals surface area contributed by atoms with E-state index in [1.165, 1.54) is 82.4 Å². The third-order valence-corrected chi connectivity index (χ3v) is 11.7. The third-order valence-electron chi connectivity index (χ3n) is 11.7. The van der Waals surface area contributed by atoms with Crippen LogP contribution in [-0.4, -0.2) is 4.98 Å². The van der Waals surface area contributed by atoms with Crippen LogP contribution in [-0.2, 0) is 5.41 Å². The first-order chi connectivity index (χ1) is 25.8. The number of furan rings is 1. The predicted octanol–water partition coefficient (Wildman–Crippen LogP) is 13.0. The number of para-hydroxylation sites is 1. The Morgan fingerprint density at radius 2 is 1.02 bits per heavy atom. The van der Waals surface area contributed by atoms with Gasteiger partial charge in [0.2, 0.25) is 0 Å². The van der Waals surface area contributed by atoms with Crippen molar-refractivity contribution in [3.63, 3.8) is 0 Å². The normalized spacial score (nSPS) is 15.4. The summed E-state index contributed by atoms with van der Waals surface area (Å²) < 4.78 is 6.75. The number of nitrogens with zero attached hydrogens (tertiary/aromatic N) is 1. The Kier molecular flexibility index (Phi) is 5.46. The van der Waals surface area contributed by atoms with Gasteiger partial charge in [-0.1, -0.05) is 146 Å².